The number of amides is 2. The molecule has 0 aromatic heterocycles. The summed E-state index contributed by atoms with van der Waals surface area (Å²) in [6.45, 7) is 5.87. The number of benzene rings is 2. The van der Waals surface area contributed by atoms with Crippen LogP contribution in [0.2, 0.25) is 0 Å². The van der Waals surface area contributed by atoms with Crippen LogP contribution in [0.15, 0.2) is 42.5 Å². The van der Waals surface area contributed by atoms with Gasteiger partial charge >= 0.3 is 0 Å². The fraction of sp³-hybridized carbons (Fsp3) is 0.375. The molecule has 1 fully saturated rings. The van der Waals surface area contributed by atoms with Crippen molar-refractivity contribution < 1.29 is 14.0 Å². The second-order valence-electron chi connectivity index (χ2n) is 8.05. The number of hydrogen-bond acceptors (Lipinski definition) is 4. The van der Waals surface area contributed by atoms with Crippen LogP contribution < -0.4 is 21.5 Å². The van der Waals surface area contributed by atoms with Gasteiger partial charge in [0.1, 0.15) is 5.82 Å². The molecule has 9 heteroatoms. The van der Waals surface area contributed by atoms with Crippen molar-refractivity contribution in [3.8, 4) is 0 Å². The lowest BCUT2D eigenvalue weighted by atomic mass is 10.1. The van der Waals surface area contributed by atoms with E-state index in [-0.39, 0.29) is 11.5 Å². The molecule has 0 atom stereocenters. The molecule has 33 heavy (non-hydrogen) atoms. The summed E-state index contributed by atoms with van der Waals surface area (Å²) < 4.78 is 13.8. The van der Waals surface area contributed by atoms with E-state index in [0.717, 1.165) is 19.5 Å². The minimum atomic E-state index is -0.593. The van der Waals surface area contributed by atoms with Crippen LogP contribution in [-0.2, 0) is 0 Å². The molecule has 3 rings (SSSR count). The van der Waals surface area contributed by atoms with E-state index < -0.39 is 11.7 Å². The van der Waals surface area contributed by atoms with Crippen molar-refractivity contribution in [3.63, 3.8) is 0 Å². The first-order valence-corrected chi connectivity index (χ1v) is 11.6. The van der Waals surface area contributed by atoms with Crippen LogP contribution in [0.3, 0.4) is 0 Å². The highest BCUT2D eigenvalue weighted by molar-refractivity contribution is 7.80. The first kappa shape index (κ1) is 24.6. The fourth-order valence-electron chi connectivity index (χ4n) is 3.75. The Balaban J connectivity index is 1.42. The summed E-state index contributed by atoms with van der Waals surface area (Å²) in [7, 11) is 0. The van der Waals surface area contributed by atoms with E-state index in [2.05, 4.69) is 26.4 Å². The summed E-state index contributed by atoms with van der Waals surface area (Å²) in [5, 5.41) is 6.10. The molecule has 0 bridgehead atoms. The van der Waals surface area contributed by atoms with E-state index in [9.17, 15) is 14.0 Å². The third kappa shape index (κ3) is 7.50. The molecule has 2 amide bonds. The van der Waals surface area contributed by atoms with Gasteiger partial charge in [0.15, 0.2) is 5.11 Å². The average molecular weight is 472 g/mol. The first-order chi connectivity index (χ1) is 15.9. The van der Waals surface area contributed by atoms with Gasteiger partial charge < -0.3 is 15.5 Å². The number of aryl methyl sites for hydroxylation is 1. The Morgan fingerprint density at radius 1 is 1.00 bits per heavy atom. The Labute approximate surface area is 199 Å². The number of thiocarbonyl (C=S) groups is 1. The van der Waals surface area contributed by atoms with Crippen LogP contribution in [0, 0.1) is 12.7 Å². The summed E-state index contributed by atoms with van der Waals surface area (Å²) in [5.41, 5.74) is 6.81. The zero-order chi connectivity index (χ0) is 23.6. The molecular weight excluding hydrogens is 441 g/mol. The minimum Gasteiger partial charge on any atom is -0.361 e. The highest BCUT2D eigenvalue weighted by Crippen LogP contribution is 2.17. The summed E-state index contributed by atoms with van der Waals surface area (Å²) in [5.74, 6) is -1.50. The Bertz CT molecular complexity index is 995. The predicted octanol–water partition coefficient (Wildman–Crippen LogP) is 3.37. The molecule has 2 aromatic rings. The number of halogens is 1. The SMILES string of the molecule is Cc1cc(NC(=O)c2ccccc2F)ccc1C(=O)NNC(=S)NCCCN1CCCCC1. The normalized spacial score (nSPS) is 13.8. The van der Waals surface area contributed by atoms with Crippen molar-refractivity contribution in [3.05, 3.63) is 65.0 Å². The van der Waals surface area contributed by atoms with Gasteiger partial charge in [-0.05, 0) is 93.9 Å². The number of hydrazine groups is 1. The van der Waals surface area contributed by atoms with Gasteiger partial charge in [-0.15, -0.1) is 0 Å². The predicted molar refractivity (Wildman–Crippen MR) is 132 cm³/mol. The largest absolute Gasteiger partial charge is 0.361 e. The molecule has 0 spiro atoms. The van der Waals surface area contributed by atoms with Crippen LogP contribution in [-0.4, -0.2) is 48.0 Å². The van der Waals surface area contributed by atoms with Crippen molar-refractivity contribution >= 4 is 34.8 Å². The zero-order valence-electron chi connectivity index (χ0n) is 18.7. The maximum absolute atomic E-state index is 13.8. The fourth-order valence-corrected chi connectivity index (χ4v) is 3.91. The molecule has 0 radical (unpaired) electrons. The molecular formula is C24H30FN5O2S. The Hall–Kier alpha value is -3.04. The maximum atomic E-state index is 13.8. The van der Waals surface area contributed by atoms with Gasteiger partial charge in [-0.1, -0.05) is 18.6 Å². The smallest absolute Gasteiger partial charge is 0.269 e. The van der Waals surface area contributed by atoms with Gasteiger partial charge in [-0.25, -0.2) is 4.39 Å². The number of piperidine rings is 1. The van der Waals surface area contributed by atoms with Crippen molar-refractivity contribution in [2.75, 3.05) is 31.5 Å². The number of carbonyl (C=O) groups excluding carboxylic acids is 2. The van der Waals surface area contributed by atoms with E-state index in [1.807, 2.05) is 0 Å². The third-order valence-corrected chi connectivity index (χ3v) is 5.77. The number of carbonyl (C=O) groups is 2. The number of anilines is 1. The number of nitrogens with zero attached hydrogens (tertiary/aromatic N) is 1. The highest BCUT2D eigenvalue weighted by Gasteiger charge is 2.14. The molecule has 2 aromatic carbocycles. The lowest BCUT2D eigenvalue weighted by Crippen LogP contribution is -2.47. The molecule has 1 saturated heterocycles. The number of rotatable bonds is 7. The molecule has 7 nitrogen and oxygen atoms in total. The van der Waals surface area contributed by atoms with Gasteiger partial charge in [-0.3, -0.25) is 20.4 Å². The summed E-state index contributed by atoms with van der Waals surface area (Å²) in [6, 6.07) is 10.6. The lowest BCUT2D eigenvalue weighted by molar-refractivity contribution is 0.0942. The van der Waals surface area contributed by atoms with Crippen molar-refractivity contribution in [2.24, 2.45) is 0 Å². The molecule has 1 aliphatic rings. The molecule has 0 saturated carbocycles. The molecule has 0 aliphatic carbocycles. The van der Waals surface area contributed by atoms with E-state index in [1.54, 1.807) is 31.2 Å². The quantitative estimate of drug-likeness (QED) is 0.282. The van der Waals surface area contributed by atoms with E-state index in [1.165, 1.54) is 50.6 Å². The van der Waals surface area contributed by atoms with E-state index in [0.29, 0.717) is 21.9 Å². The molecule has 176 valence electrons. The van der Waals surface area contributed by atoms with Gasteiger partial charge in [-0.2, -0.15) is 0 Å². The topological polar surface area (TPSA) is 85.5 Å². The van der Waals surface area contributed by atoms with Crippen LogP contribution >= 0.6 is 12.2 Å². The number of likely N-dealkylation sites (tertiary alicyclic amines) is 1. The Morgan fingerprint density at radius 3 is 2.48 bits per heavy atom. The van der Waals surface area contributed by atoms with Crippen molar-refractivity contribution in [2.45, 2.75) is 32.6 Å². The highest BCUT2D eigenvalue weighted by atomic mass is 32.1. The van der Waals surface area contributed by atoms with Crippen LogP contribution in [0.4, 0.5) is 10.1 Å². The van der Waals surface area contributed by atoms with Crippen molar-refractivity contribution in [1.82, 2.24) is 21.1 Å². The molecule has 1 heterocycles. The van der Waals surface area contributed by atoms with Crippen LogP contribution in [0.5, 0.6) is 0 Å². The monoisotopic (exact) mass is 471 g/mol. The van der Waals surface area contributed by atoms with Crippen LogP contribution in [0.1, 0.15) is 52.0 Å². The second kappa shape index (κ2) is 12.3. The average Bonchev–Trinajstić information content (AvgIpc) is 2.81. The third-order valence-electron chi connectivity index (χ3n) is 5.52. The van der Waals surface area contributed by atoms with Gasteiger partial charge in [0.05, 0.1) is 5.56 Å². The summed E-state index contributed by atoms with van der Waals surface area (Å²) in [4.78, 5) is 27.2. The van der Waals surface area contributed by atoms with E-state index >= 15 is 0 Å². The minimum absolute atomic E-state index is 0.0434. The summed E-state index contributed by atoms with van der Waals surface area (Å²) >= 11 is 5.22. The number of hydrogen-bond donors (Lipinski definition) is 4. The van der Waals surface area contributed by atoms with Crippen LogP contribution in [0.25, 0.3) is 0 Å². The van der Waals surface area contributed by atoms with Gasteiger partial charge in [0.2, 0.25) is 0 Å². The maximum Gasteiger partial charge on any atom is 0.269 e. The number of nitrogens with one attached hydrogen (secondary N) is 4. The molecule has 0 unspecified atom stereocenters. The first-order valence-electron chi connectivity index (χ1n) is 11.2. The summed E-state index contributed by atoms with van der Waals surface area (Å²) in [6.07, 6.45) is 4.86. The molecule has 4 N–H and O–H groups in total. The Morgan fingerprint density at radius 2 is 1.76 bits per heavy atom. The van der Waals surface area contributed by atoms with Gasteiger partial charge in [0.25, 0.3) is 11.8 Å². The van der Waals surface area contributed by atoms with Crippen molar-refractivity contribution in [1.29, 1.82) is 0 Å². The lowest BCUT2D eigenvalue weighted by Gasteiger charge is -2.26. The zero-order valence-corrected chi connectivity index (χ0v) is 19.6. The van der Waals surface area contributed by atoms with Gasteiger partial charge in [0, 0.05) is 17.8 Å². The van der Waals surface area contributed by atoms with E-state index in [4.69, 9.17) is 12.2 Å². The second-order valence-corrected chi connectivity index (χ2v) is 8.46. The standard InChI is InChI=1S/C24H30FN5O2S/c1-17-16-18(27-22(31)20-8-3-4-9-21(20)25)10-11-19(17)23(32)28-29-24(33)26-12-7-15-30-13-5-2-6-14-30/h3-4,8-11,16H,2,5-7,12-15H2,1H3,(H,27,31)(H,28,32)(H2,26,29,33). The Kier molecular flexibility index (Phi) is 9.14. The molecule has 1 aliphatic heterocycles.